The van der Waals surface area contributed by atoms with E-state index < -0.39 is 0 Å². The molecule has 0 unspecified atom stereocenters. The van der Waals surface area contributed by atoms with E-state index in [1.165, 1.54) is 11.9 Å². The minimum atomic E-state index is -0.0949. The monoisotopic (exact) mass is 429 g/mol. The largest absolute Gasteiger partial charge is 0.454 e. The highest BCUT2D eigenvalue weighted by molar-refractivity contribution is 5.65. The molecule has 6 rings (SSSR count). The molecule has 0 saturated carbocycles. The molecule has 1 saturated heterocycles. The maximum atomic E-state index is 5.70. The summed E-state index contributed by atoms with van der Waals surface area (Å²) in [5.74, 6) is 3.04. The summed E-state index contributed by atoms with van der Waals surface area (Å²) in [6, 6.07) is 18.4. The second-order valence-electron chi connectivity index (χ2n) is 8.18. The first-order valence-electron chi connectivity index (χ1n) is 10.8. The molecular weight excluding hydrogens is 406 g/mol. The Morgan fingerprint density at radius 2 is 1.81 bits per heavy atom. The van der Waals surface area contributed by atoms with E-state index in [1.54, 1.807) is 4.52 Å². The molecule has 0 radical (unpaired) electrons. The van der Waals surface area contributed by atoms with Gasteiger partial charge in [-0.1, -0.05) is 36.4 Å². The van der Waals surface area contributed by atoms with Gasteiger partial charge in [-0.25, -0.2) is 4.98 Å². The van der Waals surface area contributed by atoms with Crippen LogP contribution in [0.4, 0.5) is 5.82 Å². The molecule has 2 aromatic heterocycles. The van der Waals surface area contributed by atoms with Crippen molar-refractivity contribution in [2.45, 2.75) is 18.3 Å². The SMILES string of the molecule is c1ccc(-c2cc(NCC3(c4ccc5c(c4)OCO5)CCOCC3)n3ncnc3n2)cc1. The first-order valence-corrected chi connectivity index (χ1v) is 10.8. The minimum Gasteiger partial charge on any atom is -0.454 e. The third kappa shape index (κ3) is 3.33. The number of anilines is 1. The Balaban J connectivity index is 1.35. The molecule has 2 aliphatic rings. The molecule has 1 fully saturated rings. The third-order valence-electron chi connectivity index (χ3n) is 6.36. The second kappa shape index (κ2) is 7.80. The molecule has 0 amide bonds. The van der Waals surface area contributed by atoms with E-state index in [-0.39, 0.29) is 12.2 Å². The van der Waals surface area contributed by atoms with E-state index in [0.29, 0.717) is 5.78 Å². The molecule has 0 spiro atoms. The summed E-state index contributed by atoms with van der Waals surface area (Å²) in [7, 11) is 0. The van der Waals surface area contributed by atoms with Crippen molar-refractivity contribution < 1.29 is 14.2 Å². The second-order valence-corrected chi connectivity index (χ2v) is 8.18. The molecule has 162 valence electrons. The highest BCUT2D eigenvalue weighted by Crippen LogP contribution is 2.41. The summed E-state index contributed by atoms with van der Waals surface area (Å²) in [5, 5.41) is 8.03. The Labute approximate surface area is 185 Å². The van der Waals surface area contributed by atoms with Crippen molar-refractivity contribution in [3.8, 4) is 22.8 Å². The lowest BCUT2D eigenvalue weighted by molar-refractivity contribution is 0.0543. The van der Waals surface area contributed by atoms with Crippen LogP contribution in [0.5, 0.6) is 11.5 Å². The van der Waals surface area contributed by atoms with Gasteiger partial charge in [0.25, 0.3) is 5.78 Å². The van der Waals surface area contributed by atoms with Crippen LogP contribution in [0.2, 0.25) is 0 Å². The number of hydrogen-bond acceptors (Lipinski definition) is 7. The summed E-state index contributed by atoms with van der Waals surface area (Å²) >= 11 is 0. The zero-order valence-corrected chi connectivity index (χ0v) is 17.5. The molecule has 8 heteroatoms. The predicted molar refractivity (Wildman–Crippen MR) is 119 cm³/mol. The fourth-order valence-electron chi connectivity index (χ4n) is 4.51. The number of nitrogens with one attached hydrogen (secondary N) is 1. The Morgan fingerprint density at radius 3 is 2.69 bits per heavy atom. The smallest absolute Gasteiger partial charge is 0.254 e. The van der Waals surface area contributed by atoms with Gasteiger partial charge in [0.1, 0.15) is 12.1 Å². The topological polar surface area (TPSA) is 82.8 Å². The molecule has 8 nitrogen and oxygen atoms in total. The summed E-state index contributed by atoms with van der Waals surface area (Å²) in [5.41, 5.74) is 3.03. The van der Waals surface area contributed by atoms with Crippen molar-refractivity contribution in [3.05, 3.63) is 66.5 Å². The standard InChI is InChI=1S/C24H23N5O3/c1-2-4-17(5-3-1)19-13-22(29-23(28-19)26-15-27-29)25-14-24(8-10-30-11-9-24)18-6-7-20-21(12-18)32-16-31-20/h1-7,12-13,15,25H,8-11,14,16H2. The normalized spacial score (nSPS) is 16.9. The maximum Gasteiger partial charge on any atom is 0.254 e. The fraction of sp³-hybridized carbons (Fsp3) is 0.292. The Hall–Kier alpha value is -3.65. The van der Waals surface area contributed by atoms with Gasteiger partial charge < -0.3 is 19.5 Å². The van der Waals surface area contributed by atoms with Gasteiger partial charge in [-0.05, 0) is 30.5 Å². The molecule has 2 aromatic carbocycles. The quantitative estimate of drug-likeness (QED) is 0.518. The molecule has 0 bridgehead atoms. The summed E-state index contributed by atoms with van der Waals surface area (Å²) in [4.78, 5) is 9.00. The van der Waals surface area contributed by atoms with E-state index in [0.717, 1.165) is 61.2 Å². The van der Waals surface area contributed by atoms with Crippen molar-refractivity contribution >= 4 is 11.6 Å². The number of rotatable bonds is 5. The molecule has 4 aromatic rings. The molecule has 1 N–H and O–H groups in total. The number of aromatic nitrogens is 4. The number of fused-ring (bicyclic) bond motifs is 2. The van der Waals surface area contributed by atoms with E-state index in [9.17, 15) is 0 Å². The van der Waals surface area contributed by atoms with Crippen LogP contribution in [0.3, 0.4) is 0 Å². The lowest BCUT2D eigenvalue weighted by atomic mass is 9.74. The van der Waals surface area contributed by atoms with Crippen molar-refractivity contribution in [1.82, 2.24) is 19.6 Å². The van der Waals surface area contributed by atoms with E-state index >= 15 is 0 Å². The molecular formula is C24H23N5O3. The number of ether oxygens (including phenoxy) is 3. The van der Waals surface area contributed by atoms with Crippen LogP contribution in [0.1, 0.15) is 18.4 Å². The number of benzene rings is 2. The molecule has 2 aliphatic heterocycles. The zero-order chi connectivity index (χ0) is 21.4. The third-order valence-corrected chi connectivity index (χ3v) is 6.36. The Morgan fingerprint density at radius 1 is 0.969 bits per heavy atom. The van der Waals surface area contributed by atoms with Gasteiger partial charge in [0.05, 0.1) is 5.69 Å². The lowest BCUT2D eigenvalue weighted by Crippen LogP contribution is -2.40. The average molecular weight is 429 g/mol. The summed E-state index contributed by atoms with van der Waals surface area (Å²) in [6.07, 6.45) is 3.36. The highest BCUT2D eigenvalue weighted by atomic mass is 16.7. The van der Waals surface area contributed by atoms with Gasteiger partial charge in [0, 0.05) is 36.8 Å². The fourth-order valence-corrected chi connectivity index (χ4v) is 4.51. The van der Waals surface area contributed by atoms with Gasteiger partial charge in [-0.2, -0.15) is 14.6 Å². The average Bonchev–Trinajstić information content (AvgIpc) is 3.52. The van der Waals surface area contributed by atoms with E-state index in [1.807, 2.05) is 42.5 Å². The molecule has 32 heavy (non-hydrogen) atoms. The first-order chi connectivity index (χ1) is 15.8. The van der Waals surface area contributed by atoms with Gasteiger partial charge in [0.15, 0.2) is 11.5 Å². The van der Waals surface area contributed by atoms with Crippen LogP contribution in [0, 0.1) is 0 Å². The first kappa shape index (κ1) is 19.1. The van der Waals surface area contributed by atoms with Crippen molar-refractivity contribution in [2.75, 3.05) is 31.9 Å². The number of hydrogen-bond donors (Lipinski definition) is 1. The molecule has 0 aliphatic carbocycles. The minimum absolute atomic E-state index is 0.0949. The maximum absolute atomic E-state index is 5.70. The number of nitrogens with zero attached hydrogens (tertiary/aromatic N) is 4. The lowest BCUT2D eigenvalue weighted by Gasteiger charge is -2.38. The summed E-state index contributed by atoms with van der Waals surface area (Å²) in [6.45, 7) is 2.45. The van der Waals surface area contributed by atoms with Gasteiger partial charge in [-0.15, -0.1) is 0 Å². The molecule has 4 heterocycles. The van der Waals surface area contributed by atoms with Crippen LogP contribution in [0.25, 0.3) is 17.0 Å². The van der Waals surface area contributed by atoms with Crippen LogP contribution >= 0.6 is 0 Å². The van der Waals surface area contributed by atoms with Gasteiger partial charge in [0.2, 0.25) is 6.79 Å². The molecule has 0 atom stereocenters. The summed E-state index contributed by atoms with van der Waals surface area (Å²) < 4.78 is 18.6. The highest BCUT2D eigenvalue weighted by Gasteiger charge is 2.36. The van der Waals surface area contributed by atoms with Crippen molar-refractivity contribution in [1.29, 1.82) is 0 Å². The van der Waals surface area contributed by atoms with E-state index in [4.69, 9.17) is 14.2 Å². The van der Waals surface area contributed by atoms with E-state index in [2.05, 4.69) is 32.5 Å². The van der Waals surface area contributed by atoms with Crippen LogP contribution < -0.4 is 14.8 Å². The van der Waals surface area contributed by atoms with Crippen LogP contribution in [-0.4, -0.2) is 46.1 Å². The van der Waals surface area contributed by atoms with Gasteiger partial charge in [-0.3, -0.25) is 0 Å². The zero-order valence-electron chi connectivity index (χ0n) is 17.5. The van der Waals surface area contributed by atoms with Crippen molar-refractivity contribution in [3.63, 3.8) is 0 Å². The van der Waals surface area contributed by atoms with Gasteiger partial charge >= 0.3 is 0 Å². The Kier molecular flexibility index (Phi) is 4.65. The van der Waals surface area contributed by atoms with Crippen molar-refractivity contribution in [2.24, 2.45) is 0 Å². The Bertz CT molecular complexity index is 1250. The van der Waals surface area contributed by atoms with Crippen LogP contribution in [-0.2, 0) is 10.2 Å². The predicted octanol–water partition coefficient (Wildman–Crippen LogP) is 3.68. The van der Waals surface area contributed by atoms with Crippen LogP contribution in [0.15, 0.2) is 60.9 Å².